The number of carbonyl (C=O) groups excluding carboxylic acids is 1. The van der Waals surface area contributed by atoms with Crippen LogP contribution in [-0.4, -0.2) is 18.6 Å². The smallest absolute Gasteiger partial charge is 0.251 e. The van der Waals surface area contributed by atoms with Gasteiger partial charge in [-0.05, 0) is 11.6 Å². The summed E-state index contributed by atoms with van der Waals surface area (Å²) in [6.45, 7) is 0.119. The van der Waals surface area contributed by atoms with Crippen molar-refractivity contribution in [1.29, 1.82) is 0 Å². The molecule has 0 bridgehead atoms. The molecule has 3 heteroatoms. The summed E-state index contributed by atoms with van der Waals surface area (Å²) in [7, 11) is 0. The van der Waals surface area contributed by atoms with Gasteiger partial charge in [0.25, 0.3) is 5.91 Å². The van der Waals surface area contributed by atoms with Gasteiger partial charge in [0.05, 0.1) is 0 Å². The van der Waals surface area contributed by atoms with E-state index in [1.165, 1.54) is 0 Å². The molecule has 0 aliphatic carbocycles. The van der Waals surface area contributed by atoms with E-state index in [2.05, 4.69) is 5.32 Å². The second kappa shape index (κ2) is 3.17. The third kappa shape index (κ3) is 1.54. The largest absolute Gasteiger partial charge is 0.349 e. The van der Waals surface area contributed by atoms with Gasteiger partial charge in [-0.3, -0.25) is 4.79 Å². The summed E-state index contributed by atoms with van der Waals surface area (Å²) in [4.78, 5) is 11.4. The first-order valence-corrected chi connectivity index (χ1v) is 4.27. The molecule has 1 aliphatic rings. The molecule has 1 amide bonds. The average Bonchev–Trinajstić information content (AvgIpc) is 2.27. The highest BCUT2D eigenvalue weighted by atomic mass is 19.1. The number of nitrogens with one attached hydrogen (secondary N) is 1. The molecular weight excluding hydrogens is 169 g/mol. The molecule has 2 rings (SSSR count). The Morgan fingerprint density at radius 3 is 3.00 bits per heavy atom. The summed E-state index contributed by atoms with van der Waals surface area (Å²) in [5.41, 5.74) is 1.40. The van der Waals surface area contributed by atoms with Crippen LogP contribution in [0.3, 0.4) is 0 Å². The quantitative estimate of drug-likeness (QED) is 0.639. The summed E-state index contributed by atoms with van der Waals surface area (Å²) in [5, 5.41) is 2.54. The molecule has 0 saturated carbocycles. The lowest BCUT2D eigenvalue weighted by atomic mass is 10.0. The SMILES string of the molecule is O=C1NCC(F)Cc2ccccc21. The number of fused-ring (bicyclic) bond motifs is 1. The zero-order valence-electron chi connectivity index (χ0n) is 7.09. The fourth-order valence-electron chi connectivity index (χ4n) is 1.53. The van der Waals surface area contributed by atoms with E-state index in [4.69, 9.17) is 0 Å². The Hall–Kier alpha value is -1.38. The predicted molar refractivity (Wildman–Crippen MR) is 47.4 cm³/mol. The molecule has 68 valence electrons. The standard InChI is InChI=1S/C10H10FNO/c11-8-5-7-3-1-2-4-9(7)10(13)12-6-8/h1-4,8H,5-6H2,(H,12,13). The summed E-state index contributed by atoms with van der Waals surface area (Å²) in [5.74, 6) is -0.171. The topological polar surface area (TPSA) is 29.1 Å². The zero-order chi connectivity index (χ0) is 9.26. The van der Waals surface area contributed by atoms with Crippen LogP contribution in [-0.2, 0) is 6.42 Å². The summed E-state index contributed by atoms with van der Waals surface area (Å²) in [6.07, 6.45) is -0.637. The number of amides is 1. The monoisotopic (exact) mass is 179 g/mol. The lowest BCUT2D eigenvalue weighted by Gasteiger charge is -2.02. The van der Waals surface area contributed by atoms with Crippen molar-refractivity contribution in [2.24, 2.45) is 0 Å². The highest BCUT2D eigenvalue weighted by Crippen LogP contribution is 2.15. The van der Waals surface area contributed by atoms with Crippen molar-refractivity contribution in [1.82, 2.24) is 5.32 Å². The first kappa shape index (κ1) is 8.23. The van der Waals surface area contributed by atoms with E-state index in [0.717, 1.165) is 5.56 Å². The Morgan fingerprint density at radius 1 is 1.38 bits per heavy atom. The van der Waals surface area contributed by atoms with Gasteiger partial charge in [-0.2, -0.15) is 0 Å². The van der Waals surface area contributed by atoms with Gasteiger partial charge in [0.2, 0.25) is 0 Å². The summed E-state index contributed by atoms with van der Waals surface area (Å²) >= 11 is 0. The highest BCUT2D eigenvalue weighted by molar-refractivity contribution is 5.96. The molecule has 1 atom stereocenters. The molecule has 13 heavy (non-hydrogen) atoms. The van der Waals surface area contributed by atoms with Crippen LogP contribution in [0.25, 0.3) is 0 Å². The molecule has 1 unspecified atom stereocenters. The van der Waals surface area contributed by atoms with Gasteiger partial charge in [0, 0.05) is 18.5 Å². The van der Waals surface area contributed by atoms with E-state index < -0.39 is 6.17 Å². The number of halogens is 1. The lowest BCUT2D eigenvalue weighted by molar-refractivity contribution is 0.0948. The van der Waals surface area contributed by atoms with Crippen LogP contribution < -0.4 is 5.32 Å². The van der Waals surface area contributed by atoms with Crippen LogP contribution in [0.2, 0.25) is 0 Å². The van der Waals surface area contributed by atoms with Gasteiger partial charge in [0.15, 0.2) is 0 Å². The second-order valence-corrected chi connectivity index (χ2v) is 3.17. The predicted octanol–water partition coefficient (Wildman–Crippen LogP) is 1.31. The van der Waals surface area contributed by atoms with Crippen molar-refractivity contribution in [2.45, 2.75) is 12.6 Å². The maximum absolute atomic E-state index is 13.1. The minimum absolute atomic E-state index is 0.119. The van der Waals surface area contributed by atoms with E-state index in [1.54, 1.807) is 18.2 Å². The first-order valence-electron chi connectivity index (χ1n) is 4.27. The summed E-state index contributed by atoms with van der Waals surface area (Å²) < 4.78 is 13.1. The van der Waals surface area contributed by atoms with Gasteiger partial charge in [-0.1, -0.05) is 18.2 Å². The molecule has 0 spiro atoms. The molecule has 0 aromatic heterocycles. The van der Waals surface area contributed by atoms with Crippen molar-refractivity contribution in [3.8, 4) is 0 Å². The van der Waals surface area contributed by atoms with E-state index in [9.17, 15) is 9.18 Å². The van der Waals surface area contributed by atoms with Gasteiger partial charge in [0.1, 0.15) is 6.17 Å². The van der Waals surface area contributed by atoms with Crippen molar-refractivity contribution in [2.75, 3.05) is 6.54 Å². The van der Waals surface area contributed by atoms with Crippen molar-refractivity contribution in [3.05, 3.63) is 35.4 Å². The van der Waals surface area contributed by atoms with Gasteiger partial charge in [-0.15, -0.1) is 0 Å². The van der Waals surface area contributed by atoms with E-state index in [1.807, 2.05) is 6.07 Å². The molecule has 1 aromatic rings. The molecule has 0 saturated heterocycles. The third-order valence-electron chi connectivity index (χ3n) is 2.19. The maximum atomic E-state index is 13.1. The minimum Gasteiger partial charge on any atom is -0.349 e. The molecular formula is C10H10FNO. The number of hydrogen-bond donors (Lipinski definition) is 1. The fraction of sp³-hybridized carbons (Fsp3) is 0.300. The molecule has 2 nitrogen and oxygen atoms in total. The third-order valence-corrected chi connectivity index (χ3v) is 2.19. The van der Waals surface area contributed by atoms with Crippen molar-refractivity contribution < 1.29 is 9.18 Å². The molecule has 1 aliphatic heterocycles. The number of rotatable bonds is 0. The number of hydrogen-bond acceptors (Lipinski definition) is 1. The molecule has 0 radical (unpaired) electrons. The van der Waals surface area contributed by atoms with Crippen LogP contribution in [0.5, 0.6) is 0 Å². The van der Waals surface area contributed by atoms with Crippen molar-refractivity contribution in [3.63, 3.8) is 0 Å². The maximum Gasteiger partial charge on any atom is 0.251 e. The van der Waals surface area contributed by atoms with Gasteiger partial charge < -0.3 is 5.32 Å². The number of benzene rings is 1. The Bertz CT molecular complexity index is 337. The van der Waals surface area contributed by atoms with E-state index >= 15 is 0 Å². The van der Waals surface area contributed by atoms with Gasteiger partial charge in [-0.25, -0.2) is 4.39 Å². The first-order chi connectivity index (χ1) is 6.27. The zero-order valence-corrected chi connectivity index (χ0v) is 7.09. The average molecular weight is 179 g/mol. The second-order valence-electron chi connectivity index (χ2n) is 3.17. The Balaban J connectivity index is 2.43. The fourth-order valence-corrected chi connectivity index (χ4v) is 1.53. The van der Waals surface area contributed by atoms with E-state index in [0.29, 0.717) is 12.0 Å². The van der Waals surface area contributed by atoms with Crippen LogP contribution >= 0.6 is 0 Å². The van der Waals surface area contributed by atoms with Gasteiger partial charge >= 0.3 is 0 Å². The van der Waals surface area contributed by atoms with Crippen LogP contribution in [0.1, 0.15) is 15.9 Å². The Kier molecular flexibility index (Phi) is 2.00. The molecule has 0 fully saturated rings. The molecule has 1 heterocycles. The molecule has 1 aromatic carbocycles. The lowest BCUT2D eigenvalue weighted by Crippen LogP contribution is -2.27. The highest BCUT2D eigenvalue weighted by Gasteiger charge is 2.19. The minimum atomic E-state index is -0.965. The Morgan fingerprint density at radius 2 is 2.15 bits per heavy atom. The van der Waals surface area contributed by atoms with Crippen LogP contribution in [0.15, 0.2) is 24.3 Å². The number of carbonyl (C=O) groups is 1. The van der Waals surface area contributed by atoms with Crippen LogP contribution in [0, 0.1) is 0 Å². The normalized spacial score (nSPS) is 21.6. The van der Waals surface area contributed by atoms with Crippen LogP contribution in [0.4, 0.5) is 4.39 Å². The molecule has 1 N–H and O–H groups in total. The Labute approximate surface area is 75.8 Å². The van der Waals surface area contributed by atoms with Crippen molar-refractivity contribution >= 4 is 5.91 Å². The number of alkyl halides is 1. The summed E-state index contributed by atoms with van der Waals surface area (Å²) in [6, 6.07) is 7.14. The van der Waals surface area contributed by atoms with E-state index in [-0.39, 0.29) is 12.5 Å².